The topological polar surface area (TPSA) is 85.1 Å². The van der Waals surface area contributed by atoms with Gasteiger partial charge < -0.3 is 5.73 Å². The molecule has 8 heteroatoms. The van der Waals surface area contributed by atoms with Crippen LogP contribution in [0.1, 0.15) is 11.4 Å². The lowest BCUT2D eigenvalue weighted by Gasteiger charge is -2.11. The van der Waals surface area contributed by atoms with Gasteiger partial charge in [-0.2, -0.15) is 0 Å². The van der Waals surface area contributed by atoms with E-state index in [0.29, 0.717) is 11.4 Å². The smallest absolute Gasteiger partial charge is 0.243 e. The van der Waals surface area contributed by atoms with E-state index in [1.165, 1.54) is 12.1 Å². The Morgan fingerprint density at radius 1 is 1.24 bits per heavy atom. The molecule has 0 aliphatic heterocycles. The van der Waals surface area contributed by atoms with E-state index in [1.54, 1.807) is 12.1 Å². The third-order valence-electron chi connectivity index (χ3n) is 2.68. The predicted molar refractivity (Wildman–Crippen MR) is 83.9 cm³/mol. The Balaban J connectivity index is 2.27. The number of nitrogens with one attached hydrogen (secondary N) is 1. The van der Waals surface area contributed by atoms with Gasteiger partial charge in [-0.15, -0.1) is 0 Å². The molecule has 0 radical (unpaired) electrons. The lowest BCUT2D eigenvalue weighted by molar-refractivity contribution is 0.580. The average Bonchev–Trinajstić information content (AvgIpc) is 2.35. The molecule has 0 bridgehead atoms. The number of anilines is 1. The predicted octanol–water partition coefficient (Wildman–Crippen LogP) is 2.76. The van der Waals surface area contributed by atoms with Crippen LogP contribution in [-0.4, -0.2) is 13.4 Å². The van der Waals surface area contributed by atoms with Crippen LogP contribution in [0.15, 0.2) is 35.2 Å². The van der Waals surface area contributed by atoms with Gasteiger partial charge in [0.25, 0.3) is 0 Å². The SMILES string of the molecule is Cc1cccc(CNS(=O)(=O)c2c(Cl)cc(N)cc2Cl)n1. The largest absolute Gasteiger partial charge is 0.399 e. The molecule has 0 amide bonds. The molecule has 0 saturated heterocycles. The molecule has 1 aromatic carbocycles. The van der Waals surface area contributed by atoms with Crippen LogP contribution in [0, 0.1) is 6.92 Å². The van der Waals surface area contributed by atoms with Crippen molar-refractivity contribution < 1.29 is 8.42 Å². The van der Waals surface area contributed by atoms with Crippen LogP contribution in [0.4, 0.5) is 5.69 Å². The van der Waals surface area contributed by atoms with Gasteiger partial charge in [0.1, 0.15) is 4.90 Å². The average molecular weight is 346 g/mol. The molecule has 3 N–H and O–H groups in total. The molecule has 0 saturated carbocycles. The maximum absolute atomic E-state index is 12.3. The highest BCUT2D eigenvalue weighted by atomic mass is 35.5. The monoisotopic (exact) mass is 345 g/mol. The molecule has 5 nitrogen and oxygen atoms in total. The van der Waals surface area contributed by atoms with E-state index < -0.39 is 10.0 Å². The van der Waals surface area contributed by atoms with E-state index >= 15 is 0 Å². The molecule has 1 aromatic heterocycles. The first kappa shape index (κ1) is 16.0. The normalized spacial score (nSPS) is 11.6. The highest BCUT2D eigenvalue weighted by Gasteiger charge is 2.22. The van der Waals surface area contributed by atoms with Crippen molar-refractivity contribution in [3.05, 3.63) is 51.8 Å². The Morgan fingerprint density at radius 2 is 1.86 bits per heavy atom. The van der Waals surface area contributed by atoms with E-state index in [0.717, 1.165) is 5.69 Å². The number of rotatable bonds is 4. The minimum atomic E-state index is -3.86. The van der Waals surface area contributed by atoms with Crippen molar-refractivity contribution >= 4 is 38.9 Å². The third-order valence-corrected chi connectivity index (χ3v) is 5.00. The molecule has 0 aliphatic rings. The Morgan fingerprint density at radius 3 is 2.43 bits per heavy atom. The molecule has 21 heavy (non-hydrogen) atoms. The molecule has 0 spiro atoms. The van der Waals surface area contributed by atoms with Gasteiger partial charge >= 0.3 is 0 Å². The third kappa shape index (κ3) is 3.85. The van der Waals surface area contributed by atoms with Crippen LogP contribution in [0.5, 0.6) is 0 Å². The summed E-state index contributed by atoms with van der Waals surface area (Å²) in [6, 6.07) is 8.03. The van der Waals surface area contributed by atoms with Gasteiger partial charge in [-0.3, -0.25) is 4.98 Å². The number of pyridine rings is 1. The van der Waals surface area contributed by atoms with Crippen LogP contribution >= 0.6 is 23.2 Å². The molecule has 2 aromatic rings. The number of nitrogen functional groups attached to an aromatic ring is 1. The van der Waals surface area contributed by atoms with Crippen molar-refractivity contribution in [1.29, 1.82) is 0 Å². The van der Waals surface area contributed by atoms with E-state index in [9.17, 15) is 8.42 Å². The summed E-state index contributed by atoms with van der Waals surface area (Å²) in [5, 5.41) is -0.0468. The minimum Gasteiger partial charge on any atom is -0.399 e. The van der Waals surface area contributed by atoms with Gasteiger partial charge in [-0.1, -0.05) is 29.3 Å². The van der Waals surface area contributed by atoms with Gasteiger partial charge in [-0.05, 0) is 31.2 Å². The summed E-state index contributed by atoms with van der Waals surface area (Å²) in [5.41, 5.74) is 7.25. The number of hydrogen-bond acceptors (Lipinski definition) is 4. The summed E-state index contributed by atoms with van der Waals surface area (Å²) in [7, 11) is -3.86. The van der Waals surface area contributed by atoms with Crippen molar-refractivity contribution in [2.75, 3.05) is 5.73 Å². The van der Waals surface area contributed by atoms with Gasteiger partial charge in [0.05, 0.1) is 22.3 Å². The first-order valence-electron chi connectivity index (χ1n) is 5.96. The second-order valence-corrected chi connectivity index (χ2v) is 6.93. The van der Waals surface area contributed by atoms with Crippen molar-refractivity contribution in [2.45, 2.75) is 18.4 Å². The fraction of sp³-hybridized carbons (Fsp3) is 0.154. The van der Waals surface area contributed by atoms with Crippen LogP contribution < -0.4 is 10.5 Å². The van der Waals surface area contributed by atoms with Crippen LogP contribution in [0.25, 0.3) is 0 Å². The van der Waals surface area contributed by atoms with Crippen LogP contribution in [0.2, 0.25) is 10.0 Å². The molecule has 0 unspecified atom stereocenters. The summed E-state index contributed by atoms with van der Waals surface area (Å²) in [6.45, 7) is 1.87. The van der Waals surface area contributed by atoms with Gasteiger partial charge in [-0.25, -0.2) is 13.1 Å². The number of halogens is 2. The summed E-state index contributed by atoms with van der Waals surface area (Å²) in [5.74, 6) is 0. The number of nitrogens with two attached hydrogens (primary N) is 1. The highest BCUT2D eigenvalue weighted by Crippen LogP contribution is 2.31. The fourth-order valence-electron chi connectivity index (χ4n) is 1.78. The molecule has 2 rings (SSSR count). The molecule has 112 valence electrons. The molecular weight excluding hydrogens is 333 g/mol. The minimum absolute atomic E-state index is 0.0234. The van der Waals surface area contributed by atoms with Crippen molar-refractivity contribution in [2.24, 2.45) is 0 Å². The van der Waals surface area contributed by atoms with Crippen LogP contribution in [0.3, 0.4) is 0 Å². The Hall–Kier alpha value is -1.34. The Kier molecular flexibility index (Phi) is 4.73. The van der Waals surface area contributed by atoms with E-state index in [2.05, 4.69) is 9.71 Å². The van der Waals surface area contributed by atoms with Gasteiger partial charge in [0.15, 0.2) is 0 Å². The number of nitrogens with zero attached hydrogens (tertiary/aromatic N) is 1. The first-order chi connectivity index (χ1) is 9.79. The summed E-state index contributed by atoms with van der Waals surface area (Å²) >= 11 is 11.9. The lowest BCUT2D eigenvalue weighted by atomic mass is 10.3. The molecule has 0 atom stereocenters. The summed E-state index contributed by atoms with van der Waals surface area (Å²) < 4.78 is 27.0. The first-order valence-corrected chi connectivity index (χ1v) is 8.20. The lowest BCUT2D eigenvalue weighted by Crippen LogP contribution is -2.24. The van der Waals surface area contributed by atoms with Gasteiger partial charge in [0, 0.05) is 11.4 Å². The van der Waals surface area contributed by atoms with E-state index in [1.807, 2.05) is 13.0 Å². The number of hydrogen-bond donors (Lipinski definition) is 2. The zero-order chi connectivity index (χ0) is 15.6. The quantitative estimate of drug-likeness (QED) is 0.834. The van der Waals surface area contributed by atoms with Crippen molar-refractivity contribution in [3.8, 4) is 0 Å². The maximum Gasteiger partial charge on any atom is 0.243 e. The second-order valence-electron chi connectivity index (χ2n) is 4.41. The number of sulfonamides is 1. The van der Waals surface area contributed by atoms with Gasteiger partial charge in [0.2, 0.25) is 10.0 Å². The molecule has 0 fully saturated rings. The standard InChI is InChI=1S/C13H13Cl2N3O2S/c1-8-3-2-4-10(18-8)7-17-21(19,20)13-11(14)5-9(16)6-12(13)15/h2-6,17H,7,16H2,1H3. The Labute approximate surface area is 133 Å². The summed E-state index contributed by atoms with van der Waals surface area (Å²) in [4.78, 5) is 4.03. The van der Waals surface area contributed by atoms with Crippen molar-refractivity contribution in [3.63, 3.8) is 0 Å². The number of benzene rings is 1. The van der Waals surface area contributed by atoms with E-state index in [4.69, 9.17) is 28.9 Å². The maximum atomic E-state index is 12.3. The Bertz CT molecular complexity index is 756. The fourth-order valence-corrected chi connectivity index (χ4v) is 4.00. The number of aromatic nitrogens is 1. The van der Waals surface area contributed by atoms with E-state index in [-0.39, 0.29) is 21.5 Å². The molecular formula is C13H13Cl2N3O2S. The zero-order valence-corrected chi connectivity index (χ0v) is 13.4. The zero-order valence-electron chi connectivity index (χ0n) is 11.1. The molecule has 0 aliphatic carbocycles. The number of aryl methyl sites for hydroxylation is 1. The molecule has 1 heterocycles. The van der Waals surface area contributed by atoms with Crippen molar-refractivity contribution in [1.82, 2.24) is 9.71 Å². The highest BCUT2D eigenvalue weighted by molar-refractivity contribution is 7.89. The summed E-state index contributed by atoms with van der Waals surface area (Å²) in [6.07, 6.45) is 0. The second kappa shape index (κ2) is 6.19. The van der Waals surface area contributed by atoms with Crippen LogP contribution in [-0.2, 0) is 16.6 Å².